The Bertz CT molecular complexity index is 444. The summed E-state index contributed by atoms with van der Waals surface area (Å²) in [6.07, 6.45) is 2.09. The molecule has 7 heteroatoms. The largest absolute Gasteiger partial charge is 0.480 e. The van der Waals surface area contributed by atoms with Crippen LogP contribution in [-0.4, -0.2) is 46.5 Å². The van der Waals surface area contributed by atoms with Crippen LogP contribution in [0, 0.1) is 0 Å². The minimum absolute atomic E-state index is 0.175. The number of hydrogen-bond donors (Lipinski definition) is 2. The number of amides is 1. The Balaban J connectivity index is 2.80. The second-order valence-electron chi connectivity index (χ2n) is 3.53. The van der Waals surface area contributed by atoms with Crippen LogP contribution in [0.4, 0.5) is 0 Å². The topological polar surface area (TPSA) is 96.5 Å². The molecule has 0 bridgehead atoms. The van der Waals surface area contributed by atoms with Gasteiger partial charge >= 0.3 is 5.97 Å². The minimum atomic E-state index is -1.07. The predicted octanol–water partition coefficient (Wildman–Crippen LogP) is 0.357. The molecule has 1 rings (SSSR count). The molecule has 1 aromatic rings. The van der Waals surface area contributed by atoms with Crippen LogP contribution >= 0.6 is 11.3 Å². The van der Waals surface area contributed by atoms with E-state index in [0.717, 1.165) is 5.01 Å². The average Bonchev–Trinajstić information content (AvgIpc) is 2.76. The lowest BCUT2D eigenvalue weighted by atomic mass is 10.3. The van der Waals surface area contributed by atoms with Gasteiger partial charge in [0.15, 0.2) is 0 Å². The number of aliphatic carboxylic acids is 1. The fourth-order valence-electron chi connectivity index (χ4n) is 1.35. The Morgan fingerprint density at radius 2 is 2.33 bits per heavy atom. The number of nitrogens with zero attached hydrogens (tertiary/aromatic N) is 2. The highest BCUT2D eigenvalue weighted by Crippen LogP contribution is 2.12. The number of rotatable bonds is 7. The fourth-order valence-corrected chi connectivity index (χ4v) is 2.14. The number of carbonyl (C=O) groups excluding carboxylic acids is 1. The van der Waals surface area contributed by atoms with E-state index in [-0.39, 0.29) is 18.8 Å². The molecule has 6 nitrogen and oxygen atoms in total. The number of nitrogens with two attached hydrogens (primary N) is 1. The van der Waals surface area contributed by atoms with Crippen LogP contribution in [0.2, 0.25) is 0 Å². The van der Waals surface area contributed by atoms with E-state index in [2.05, 4.69) is 11.6 Å². The van der Waals surface area contributed by atoms with Crippen molar-refractivity contribution in [3.8, 4) is 0 Å². The van der Waals surface area contributed by atoms with Gasteiger partial charge in [0.1, 0.15) is 12.2 Å². The molecule has 0 unspecified atom stereocenters. The monoisotopic (exact) mass is 269 g/mol. The first-order chi connectivity index (χ1) is 8.58. The fraction of sp³-hybridized carbons (Fsp3) is 0.364. The summed E-state index contributed by atoms with van der Waals surface area (Å²) >= 11 is 1.34. The van der Waals surface area contributed by atoms with Gasteiger partial charge in [-0.05, 0) is 6.54 Å². The Morgan fingerprint density at radius 3 is 2.89 bits per heavy atom. The number of carboxylic acids is 1. The van der Waals surface area contributed by atoms with Crippen molar-refractivity contribution in [2.45, 2.75) is 6.42 Å². The second-order valence-corrected chi connectivity index (χ2v) is 4.48. The van der Waals surface area contributed by atoms with Gasteiger partial charge in [-0.25, -0.2) is 4.98 Å². The third kappa shape index (κ3) is 3.94. The van der Waals surface area contributed by atoms with E-state index in [1.54, 1.807) is 5.38 Å². The second kappa shape index (κ2) is 6.87. The van der Waals surface area contributed by atoms with Gasteiger partial charge in [-0.15, -0.1) is 17.9 Å². The van der Waals surface area contributed by atoms with E-state index in [4.69, 9.17) is 10.8 Å². The third-order valence-electron chi connectivity index (χ3n) is 2.09. The molecule has 0 aliphatic carbocycles. The summed E-state index contributed by atoms with van der Waals surface area (Å²) in [5.41, 5.74) is 5.66. The van der Waals surface area contributed by atoms with E-state index in [1.165, 1.54) is 22.3 Å². The molecule has 0 saturated heterocycles. The lowest BCUT2D eigenvalue weighted by Gasteiger charge is -2.17. The van der Waals surface area contributed by atoms with Crippen LogP contribution in [0.3, 0.4) is 0 Å². The Kier molecular flexibility index (Phi) is 5.47. The van der Waals surface area contributed by atoms with Gasteiger partial charge in [-0.1, -0.05) is 6.08 Å². The van der Waals surface area contributed by atoms with E-state index in [1.807, 2.05) is 0 Å². The van der Waals surface area contributed by atoms with Crippen molar-refractivity contribution in [1.29, 1.82) is 0 Å². The Hall–Kier alpha value is -1.73. The summed E-state index contributed by atoms with van der Waals surface area (Å²) in [7, 11) is 0. The minimum Gasteiger partial charge on any atom is -0.480 e. The number of carbonyl (C=O) groups is 2. The van der Waals surface area contributed by atoms with Crippen molar-refractivity contribution >= 4 is 23.2 Å². The summed E-state index contributed by atoms with van der Waals surface area (Å²) in [6, 6.07) is 0. The first-order valence-electron chi connectivity index (χ1n) is 5.35. The molecule has 0 fully saturated rings. The summed E-state index contributed by atoms with van der Waals surface area (Å²) in [5, 5.41) is 11.1. The highest BCUT2D eigenvalue weighted by atomic mass is 32.1. The molecule has 1 heterocycles. The SMILES string of the molecule is C=CCN(CC(=O)O)C(=O)c1csc(CCN)n1. The molecule has 0 spiro atoms. The van der Waals surface area contributed by atoms with Crippen molar-refractivity contribution < 1.29 is 14.7 Å². The van der Waals surface area contributed by atoms with Crippen molar-refractivity contribution in [1.82, 2.24) is 9.88 Å². The number of aromatic nitrogens is 1. The zero-order valence-corrected chi connectivity index (χ0v) is 10.7. The molecule has 0 radical (unpaired) electrons. The van der Waals surface area contributed by atoms with Gasteiger partial charge in [-0.2, -0.15) is 0 Å². The van der Waals surface area contributed by atoms with Crippen LogP contribution in [0.5, 0.6) is 0 Å². The Morgan fingerprint density at radius 1 is 1.61 bits per heavy atom. The molecule has 0 aliphatic heterocycles. The van der Waals surface area contributed by atoms with Crippen LogP contribution in [0.25, 0.3) is 0 Å². The summed E-state index contributed by atoms with van der Waals surface area (Å²) in [4.78, 5) is 28.0. The quantitative estimate of drug-likeness (QED) is 0.696. The molecule has 1 aromatic heterocycles. The van der Waals surface area contributed by atoms with Crippen molar-refractivity contribution in [3.05, 3.63) is 28.7 Å². The number of thiazole rings is 1. The van der Waals surface area contributed by atoms with E-state index in [9.17, 15) is 9.59 Å². The van der Waals surface area contributed by atoms with Gasteiger partial charge in [0, 0.05) is 18.3 Å². The number of carboxylic acid groups (broad SMARTS) is 1. The molecule has 3 N–H and O–H groups in total. The van der Waals surface area contributed by atoms with Crippen LogP contribution in [-0.2, 0) is 11.2 Å². The summed E-state index contributed by atoms with van der Waals surface area (Å²) in [6.45, 7) is 3.77. The maximum atomic E-state index is 12.0. The molecule has 0 atom stereocenters. The van der Waals surface area contributed by atoms with E-state index >= 15 is 0 Å². The predicted molar refractivity (Wildman–Crippen MR) is 68.6 cm³/mol. The molecule has 1 amide bonds. The molecule has 98 valence electrons. The average molecular weight is 269 g/mol. The lowest BCUT2D eigenvalue weighted by Crippen LogP contribution is -2.36. The maximum absolute atomic E-state index is 12.0. The lowest BCUT2D eigenvalue weighted by molar-refractivity contribution is -0.137. The molecule has 0 aliphatic rings. The molecule has 0 aromatic carbocycles. The van der Waals surface area contributed by atoms with Crippen LogP contribution in [0.15, 0.2) is 18.0 Å². The van der Waals surface area contributed by atoms with Crippen LogP contribution in [0.1, 0.15) is 15.5 Å². The molecular formula is C11H15N3O3S. The van der Waals surface area contributed by atoms with E-state index < -0.39 is 11.9 Å². The van der Waals surface area contributed by atoms with Gasteiger partial charge in [-0.3, -0.25) is 9.59 Å². The summed E-state index contributed by atoms with van der Waals surface area (Å²) in [5.74, 6) is -1.47. The van der Waals surface area contributed by atoms with Gasteiger partial charge in [0.2, 0.25) is 0 Å². The summed E-state index contributed by atoms with van der Waals surface area (Å²) < 4.78 is 0. The van der Waals surface area contributed by atoms with E-state index in [0.29, 0.717) is 13.0 Å². The van der Waals surface area contributed by atoms with Crippen LogP contribution < -0.4 is 5.73 Å². The van der Waals surface area contributed by atoms with Crippen molar-refractivity contribution in [2.75, 3.05) is 19.6 Å². The maximum Gasteiger partial charge on any atom is 0.323 e. The Labute approximate surface area is 109 Å². The first-order valence-corrected chi connectivity index (χ1v) is 6.23. The molecule has 18 heavy (non-hydrogen) atoms. The normalized spacial score (nSPS) is 10.1. The first kappa shape index (κ1) is 14.3. The third-order valence-corrected chi connectivity index (χ3v) is 3.00. The number of hydrogen-bond acceptors (Lipinski definition) is 5. The smallest absolute Gasteiger partial charge is 0.323 e. The van der Waals surface area contributed by atoms with Gasteiger partial charge in [0.05, 0.1) is 5.01 Å². The highest BCUT2D eigenvalue weighted by Gasteiger charge is 2.19. The van der Waals surface area contributed by atoms with Crippen molar-refractivity contribution in [2.24, 2.45) is 5.73 Å². The zero-order valence-electron chi connectivity index (χ0n) is 9.83. The van der Waals surface area contributed by atoms with Gasteiger partial charge in [0.25, 0.3) is 5.91 Å². The zero-order chi connectivity index (χ0) is 13.5. The van der Waals surface area contributed by atoms with Crippen molar-refractivity contribution in [3.63, 3.8) is 0 Å². The molecular weight excluding hydrogens is 254 g/mol. The molecule has 0 saturated carbocycles. The van der Waals surface area contributed by atoms with Gasteiger partial charge < -0.3 is 15.7 Å². The standard InChI is InChI=1S/C11H15N3O3S/c1-2-5-14(6-10(15)16)11(17)8-7-18-9(13-8)3-4-12/h2,7H,1,3-6,12H2,(H,15,16). The highest BCUT2D eigenvalue weighted by molar-refractivity contribution is 7.09.